The minimum absolute atomic E-state index is 0.113. The molecule has 0 radical (unpaired) electrons. The Bertz CT molecular complexity index is 328. The molecule has 0 saturated carbocycles. The number of thioether (sulfide) groups is 1. The molecular formula is C12H20N2O3S. The van der Waals surface area contributed by atoms with Gasteiger partial charge in [-0.15, -0.1) is 18.2 Å². The van der Waals surface area contributed by atoms with Crippen LogP contribution in [0.15, 0.2) is 0 Å². The highest BCUT2D eigenvalue weighted by atomic mass is 32.2. The van der Waals surface area contributed by atoms with Crippen molar-refractivity contribution >= 4 is 23.8 Å². The highest BCUT2D eigenvalue weighted by molar-refractivity contribution is 7.99. The van der Waals surface area contributed by atoms with Crippen molar-refractivity contribution in [3.8, 4) is 12.3 Å². The maximum atomic E-state index is 11.4. The summed E-state index contributed by atoms with van der Waals surface area (Å²) in [7, 11) is 0. The summed E-state index contributed by atoms with van der Waals surface area (Å²) in [6.45, 7) is 4.01. The molecule has 0 rings (SSSR count). The fourth-order valence-corrected chi connectivity index (χ4v) is 1.57. The van der Waals surface area contributed by atoms with Gasteiger partial charge in [-0.1, -0.05) is 12.8 Å². The van der Waals surface area contributed by atoms with Crippen molar-refractivity contribution in [2.24, 2.45) is 5.41 Å². The predicted molar refractivity (Wildman–Crippen MR) is 73.6 cm³/mol. The van der Waals surface area contributed by atoms with Crippen LogP contribution in [0, 0.1) is 17.8 Å². The van der Waals surface area contributed by atoms with Gasteiger partial charge in [-0.05, 0) is 13.3 Å². The Morgan fingerprint density at radius 1 is 1.44 bits per heavy atom. The van der Waals surface area contributed by atoms with Crippen LogP contribution in [0.2, 0.25) is 0 Å². The lowest BCUT2D eigenvalue weighted by atomic mass is 9.88. The van der Waals surface area contributed by atoms with E-state index in [1.807, 2.05) is 0 Å². The van der Waals surface area contributed by atoms with Gasteiger partial charge in [-0.25, -0.2) is 4.79 Å². The van der Waals surface area contributed by atoms with Gasteiger partial charge in [0.15, 0.2) is 0 Å². The van der Waals surface area contributed by atoms with Gasteiger partial charge in [-0.3, -0.25) is 4.79 Å². The van der Waals surface area contributed by atoms with Gasteiger partial charge >= 0.3 is 12.0 Å². The molecule has 3 N–H and O–H groups in total. The van der Waals surface area contributed by atoms with Gasteiger partial charge in [0.1, 0.15) is 0 Å². The molecule has 6 heteroatoms. The van der Waals surface area contributed by atoms with Gasteiger partial charge in [0.05, 0.1) is 11.2 Å². The molecule has 1 atom stereocenters. The number of carboxylic acids is 1. The molecule has 0 heterocycles. The summed E-state index contributed by atoms with van der Waals surface area (Å²) in [6.07, 6.45) is 5.54. The van der Waals surface area contributed by atoms with E-state index in [9.17, 15) is 9.59 Å². The van der Waals surface area contributed by atoms with E-state index < -0.39 is 11.4 Å². The molecule has 0 saturated heterocycles. The second-order valence-electron chi connectivity index (χ2n) is 4.09. The number of amides is 2. The minimum atomic E-state index is -0.921. The van der Waals surface area contributed by atoms with Gasteiger partial charge in [-0.2, -0.15) is 0 Å². The van der Waals surface area contributed by atoms with Crippen LogP contribution in [-0.2, 0) is 4.79 Å². The van der Waals surface area contributed by atoms with Crippen LogP contribution in [0.4, 0.5) is 4.79 Å². The topological polar surface area (TPSA) is 78.4 Å². The van der Waals surface area contributed by atoms with E-state index in [-0.39, 0.29) is 12.6 Å². The third-order valence-electron chi connectivity index (χ3n) is 2.65. The summed E-state index contributed by atoms with van der Waals surface area (Å²) in [5, 5.41) is 14.2. The van der Waals surface area contributed by atoms with Crippen LogP contribution in [0.1, 0.15) is 20.3 Å². The summed E-state index contributed by atoms with van der Waals surface area (Å²) in [4.78, 5) is 22.4. The largest absolute Gasteiger partial charge is 0.481 e. The SMILES string of the molecule is C#CCSCCNC(=O)NCC(C)(CC)C(=O)O. The van der Waals surface area contributed by atoms with Crippen molar-refractivity contribution in [3.05, 3.63) is 0 Å². The number of carboxylic acid groups (broad SMARTS) is 1. The Hall–Kier alpha value is -1.35. The second kappa shape index (κ2) is 8.70. The monoisotopic (exact) mass is 272 g/mol. The molecule has 5 nitrogen and oxygen atoms in total. The van der Waals surface area contributed by atoms with Crippen LogP contribution in [0.3, 0.4) is 0 Å². The molecule has 0 spiro atoms. The molecule has 18 heavy (non-hydrogen) atoms. The molecule has 0 bridgehead atoms. The van der Waals surface area contributed by atoms with Gasteiger partial charge in [0.2, 0.25) is 0 Å². The fourth-order valence-electron chi connectivity index (χ4n) is 1.06. The molecule has 1 unspecified atom stereocenters. The molecular weight excluding hydrogens is 252 g/mol. The number of hydrogen-bond acceptors (Lipinski definition) is 3. The molecule has 2 amide bonds. The first kappa shape index (κ1) is 16.6. The Balaban J connectivity index is 3.83. The molecule has 0 aliphatic carbocycles. The van der Waals surface area contributed by atoms with E-state index in [0.29, 0.717) is 18.7 Å². The molecule has 0 aliphatic heterocycles. The zero-order valence-corrected chi connectivity index (χ0v) is 11.6. The lowest BCUT2D eigenvalue weighted by Gasteiger charge is -2.23. The van der Waals surface area contributed by atoms with Crippen LogP contribution >= 0.6 is 11.8 Å². The Kier molecular flexibility index (Phi) is 8.05. The number of urea groups is 1. The summed E-state index contributed by atoms with van der Waals surface area (Å²) < 4.78 is 0. The number of terminal acetylenes is 1. The van der Waals surface area contributed by atoms with Crippen LogP contribution in [-0.4, -0.2) is 41.7 Å². The van der Waals surface area contributed by atoms with Gasteiger partial charge in [0.25, 0.3) is 0 Å². The summed E-state index contributed by atoms with van der Waals surface area (Å²) in [5.74, 6) is 2.94. The first-order valence-electron chi connectivity index (χ1n) is 5.72. The predicted octanol–water partition coefficient (Wildman–Crippen LogP) is 1.15. The molecule has 0 aliphatic rings. The normalized spacial score (nSPS) is 13.2. The Labute approximate surface area is 112 Å². The maximum Gasteiger partial charge on any atom is 0.314 e. The number of carbonyl (C=O) groups excluding carboxylic acids is 1. The fraction of sp³-hybridized carbons (Fsp3) is 0.667. The average molecular weight is 272 g/mol. The van der Waals surface area contributed by atoms with E-state index in [2.05, 4.69) is 16.6 Å². The number of nitrogens with one attached hydrogen (secondary N) is 2. The average Bonchev–Trinajstić information content (AvgIpc) is 2.35. The quantitative estimate of drug-likeness (QED) is 0.457. The van der Waals surface area contributed by atoms with Crippen LogP contribution in [0.5, 0.6) is 0 Å². The van der Waals surface area contributed by atoms with Crippen molar-refractivity contribution in [1.82, 2.24) is 10.6 Å². The van der Waals surface area contributed by atoms with E-state index in [0.717, 1.165) is 5.75 Å². The number of carbonyl (C=O) groups is 2. The molecule has 0 aromatic rings. The number of hydrogen-bond donors (Lipinski definition) is 3. The summed E-state index contributed by atoms with van der Waals surface area (Å²) >= 11 is 1.56. The number of rotatable bonds is 8. The third-order valence-corrected chi connectivity index (χ3v) is 3.52. The van der Waals surface area contributed by atoms with Crippen LogP contribution in [0.25, 0.3) is 0 Å². The summed E-state index contributed by atoms with van der Waals surface area (Å²) in [6, 6.07) is -0.350. The highest BCUT2D eigenvalue weighted by Crippen LogP contribution is 2.19. The third kappa shape index (κ3) is 6.40. The second-order valence-corrected chi connectivity index (χ2v) is 5.19. The first-order valence-corrected chi connectivity index (χ1v) is 6.88. The zero-order chi connectivity index (χ0) is 14.0. The van der Waals surface area contributed by atoms with Crippen molar-refractivity contribution < 1.29 is 14.7 Å². The lowest BCUT2D eigenvalue weighted by molar-refractivity contribution is -0.147. The Morgan fingerprint density at radius 2 is 2.11 bits per heavy atom. The Morgan fingerprint density at radius 3 is 2.61 bits per heavy atom. The van der Waals surface area contributed by atoms with Gasteiger partial charge < -0.3 is 15.7 Å². The number of aliphatic carboxylic acids is 1. The molecule has 0 fully saturated rings. The first-order chi connectivity index (χ1) is 8.46. The standard InChI is InChI=1S/C12H20N2O3S/c1-4-7-18-8-6-13-11(17)14-9-12(3,5-2)10(15)16/h1H,5-9H2,2-3H3,(H,15,16)(H2,13,14,17). The van der Waals surface area contributed by atoms with E-state index in [4.69, 9.17) is 11.5 Å². The summed E-state index contributed by atoms with van der Waals surface area (Å²) in [5.41, 5.74) is -0.921. The van der Waals surface area contributed by atoms with Crippen molar-refractivity contribution in [2.75, 3.05) is 24.6 Å². The van der Waals surface area contributed by atoms with E-state index >= 15 is 0 Å². The molecule has 0 aromatic carbocycles. The lowest BCUT2D eigenvalue weighted by Crippen LogP contribution is -2.45. The van der Waals surface area contributed by atoms with E-state index in [1.54, 1.807) is 25.6 Å². The van der Waals surface area contributed by atoms with Crippen LogP contribution < -0.4 is 10.6 Å². The molecule has 0 aromatic heterocycles. The minimum Gasteiger partial charge on any atom is -0.481 e. The van der Waals surface area contributed by atoms with Crippen molar-refractivity contribution in [3.63, 3.8) is 0 Å². The van der Waals surface area contributed by atoms with E-state index in [1.165, 1.54) is 0 Å². The highest BCUT2D eigenvalue weighted by Gasteiger charge is 2.31. The maximum absolute atomic E-state index is 11.4. The smallest absolute Gasteiger partial charge is 0.314 e. The van der Waals surface area contributed by atoms with Crippen molar-refractivity contribution in [2.45, 2.75) is 20.3 Å². The zero-order valence-electron chi connectivity index (χ0n) is 10.8. The van der Waals surface area contributed by atoms with Gasteiger partial charge in [0, 0.05) is 18.8 Å². The van der Waals surface area contributed by atoms with Crippen molar-refractivity contribution in [1.29, 1.82) is 0 Å². The molecule has 102 valence electrons.